The largest absolute Gasteiger partial charge is 0.313 e. The molecular formula is C11H21NS. The number of rotatable bonds is 3. The molecule has 0 aromatic heterocycles. The molecule has 0 radical (unpaired) electrons. The van der Waals surface area contributed by atoms with E-state index in [1.54, 1.807) is 0 Å². The lowest BCUT2D eigenvalue weighted by atomic mass is 10.1. The Kier molecular flexibility index (Phi) is 3.98. The first-order chi connectivity index (χ1) is 6.45. The molecule has 1 N–H and O–H groups in total. The van der Waals surface area contributed by atoms with Gasteiger partial charge in [0, 0.05) is 17.0 Å². The molecule has 1 atom stereocenters. The van der Waals surface area contributed by atoms with Crippen molar-refractivity contribution in [3.8, 4) is 0 Å². The van der Waals surface area contributed by atoms with Gasteiger partial charge in [-0.2, -0.15) is 11.8 Å². The van der Waals surface area contributed by atoms with Gasteiger partial charge in [-0.05, 0) is 32.2 Å². The molecular weight excluding hydrogens is 178 g/mol. The summed E-state index contributed by atoms with van der Waals surface area (Å²) in [7, 11) is 0. The molecule has 1 nitrogen and oxygen atoms in total. The van der Waals surface area contributed by atoms with E-state index in [9.17, 15) is 0 Å². The zero-order valence-electron chi connectivity index (χ0n) is 8.43. The highest BCUT2D eigenvalue weighted by Crippen LogP contribution is 2.30. The van der Waals surface area contributed by atoms with Crippen LogP contribution in [0.4, 0.5) is 0 Å². The zero-order chi connectivity index (χ0) is 8.93. The highest BCUT2D eigenvalue weighted by Gasteiger charge is 2.18. The van der Waals surface area contributed by atoms with Gasteiger partial charge >= 0.3 is 0 Å². The van der Waals surface area contributed by atoms with E-state index < -0.39 is 0 Å². The molecule has 2 rings (SSSR count). The summed E-state index contributed by atoms with van der Waals surface area (Å²) in [6.07, 6.45) is 10.2. The van der Waals surface area contributed by atoms with Crippen molar-refractivity contribution in [3.63, 3.8) is 0 Å². The molecule has 1 heterocycles. The van der Waals surface area contributed by atoms with Crippen LogP contribution >= 0.6 is 11.8 Å². The maximum Gasteiger partial charge on any atom is 0.0158 e. The van der Waals surface area contributed by atoms with Gasteiger partial charge in [0.05, 0.1) is 0 Å². The molecule has 2 heteroatoms. The SMILES string of the molecule is C1CCC(CSC2CCCC2)NC1. The van der Waals surface area contributed by atoms with Crippen LogP contribution in [0.25, 0.3) is 0 Å². The van der Waals surface area contributed by atoms with Crippen LogP contribution < -0.4 is 5.32 Å². The molecule has 0 bridgehead atoms. The van der Waals surface area contributed by atoms with Crippen molar-refractivity contribution in [2.75, 3.05) is 12.3 Å². The summed E-state index contributed by atoms with van der Waals surface area (Å²) < 4.78 is 0. The van der Waals surface area contributed by atoms with E-state index >= 15 is 0 Å². The first kappa shape index (κ1) is 9.85. The third-order valence-electron chi connectivity index (χ3n) is 3.25. The summed E-state index contributed by atoms with van der Waals surface area (Å²) >= 11 is 2.23. The summed E-state index contributed by atoms with van der Waals surface area (Å²) in [5.74, 6) is 1.37. The molecule has 1 aliphatic carbocycles. The lowest BCUT2D eigenvalue weighted by molar-refractivity contribution is 0.429. The van der Waals surface area contributed by atoms with E-state index in [-0.39, 0.29) is 0 Å². The van der Waals surface area contributed by atoms with Gasteiger partial charge in [-0.25, -0.2) is 0 Å². The van der Waals surface area contributed by atoms with Gasteiger partial charge < -0.3 is 5.32 Å². The highest BCUT2D eigenvalue weighted by atomic mass is 32.2. The lowest BCUT2D eigenvalue weighted by Gasteiger charge is -2.24. The Morgan fingerprint density at radius 3 is 2.46 bits per heavy atom. The molecule has 1 unspecified atom stereocenters. The van der Waals surface area contributed by atoms with Crippen LogP contribution in [0.5, 0.6) is 0 Å². The van der Waals surface area contributed by atoms with E-state index in [0.29, 0.717) is 0 Å². The Morgan fingerprint density at radius 1 is 1.00 bits per heavy atom. The molecule has 2 fully saturated rings. The van der Waals surface area contributed by atoms with Crippen molar-refractivity contribution in [3.05, 3.63) is 0 Å². The van der Waals surface area contributed by atoms with Crippen molar-refractivity contribution < 1.29 is 0 Å². The van der Waals surface area contributed by atoms with Crippen LogP contribution in [0.15, 0.2) is 0 Å². The average Bonchev–Trinajstić information content (AvgIpc) is 2.69. The molecule has 0 amide bonds. The van der Waals surface area contributed by atoms with Crippen LogP contribution in [0.2, 0.25) is 0 Å². The summed E-state index contributed by atoms with van der Waals surface area (Å²) in [6.45, 7) is 1.26. The molecule has 1 saturated heterocycles. The summed E-state index contributed by atoms with van der Waals surface area (Å²) in [5, 5.41) is 4.63. The Morgan fingerprint density at radius 2 is 1.77 bits per heavy atom. The normalized spacial score (nSPS) is 30.9. The second kappa shape index (κ2) is 5.26. The fourth-order valence-electron chi connectivity index (χ4n) is 2.37. The van der Waals surface area contributed by atoms with Crippen LogP contribution in [0.3, 0.4) is 0 Å². The van der Waals surface area contributed by atoms with Crippen molar-refractivity contribution in [1.82, 2.24) is 5.32 Å². The van der Waals surface area contributed by atoms with Crippen molar-refractivity contribution in [1.29, 1.82) is 0 Å². The Hall–Kier alpha value is 0.310. The smallest absolute Gasteiger partial charge is 0.0158 e. The van der Waals surface area contributed by atoms with Gasteiger partial charge in [-0.15, -0.1) is 0 Å². The third kappa shape index (κ3) is 3.17. The molecule has 13 heavy (non-hydrogen) atoms. The van der Waals surface area contributed by atoms with Gasteiger partial charge in [0.2, 0.25) is 0 Å². The molecule has 76 valence electrons. The van der Waals surface area contributed by atoms with E-state index in [1.165, 1.54) is 57.2 Å². The first-order valence-corrected chi connectivity index (χ1v) is 6.85. The summed E-state index contributed by atoms with van der Waals surface area (Å²) in [4.78, 5) is 0. The van der Waals surface area contributed by atoms with Crippen LogP contribution in [-0.2, 0) is 0 Å². The summed E-state index contributed by atoms with van der Waals surface area (Å²) in [6, 6.07) is 0.833. The third-order valence-corrected chi connectivity index (χ3v) is 4.79. The fourth-order valence-corrected chi connectivity index (χ4v) is 3.83. The predicted molar refractivity (Wildman–Crippen MR) is 60.4 cm³/mol. The molecule has 0 spiro atoms. The quantitative estimate of drug-likeness (QED) is 0.750. The highest BCUT2D eigenvalue weighted by molar-refractivity contribution is 7.99. The van der Waals surface area contributed by atoms with E-state index in [0.717, 1.165) is 11.3 Å². The molecule has 0 aromatic carbocycles. The van der Waals surface area contributed by atoms with Gasteiger partial charge in [-0.3, -0.25) is 0 Å². The molecule has 2 aliphatic rings. The number of piperidine rings is 1. The van der Waals surface area contributed by atoms with Crippen molar-refractivity contribution in [2.45, 2.75) is 56.2 Å². The topological polar surface area (TPSA) is 12.0 Å². The van der Waals surface area contributed by atoms with Crippen LogP contribution in [0, 0.1) is 0 Å². The standard InChI is InChI=1S/C11H21NS/c1-2-7-11(6-1)13-9-10-5-3-4-8-12-10/h10-12H,1-9H2. The maximum absolute atomic E-state index is 3.62. The second-order valence-electron chi connectivity index (χ2n) is 4.39. The molecule has 1 aliphatic heterocycles. The minimum Gasteiger partial charge on any atom is -0.313 e. The monoisotopic (exact) mass is 199 g/mol. The lowest BCUT2D eigenvalue weighted by Crippen LogP contribution is -2.36. The van der Waals surface area contributed by atoms with Crippen LogP contribution in [-0.4, -0.2) is 23.6 Å². The summed E-state index contributed by atoms with van der Waals surface area (Å²) in [5.41, 5.74) is 0. The first-order valence-electron chi connectivity index (χ1n) is 5.80. The van der Waals surface area contributed by atoms with Crippen molar-refractivity contribution >= 4 is 11.8 Å². The zero-order valence-corrected chi connectivity index (χ0v) is 9.24. The number of hydrogen-bond donors (Lipinski definition) is 1. The Labute approximate surface area is 86.0 Å². The Bertz CT molecular complexity index is 137. The van der Waals surface area contributed by atoms with Gasteiger partial charge in [0.1, 0.15) is 0 Å². The maximum atomic E-state index is 3.62. The van der Waals surface area contributed by atoms with E-state index in [2.05, 4.69) is 17.1 Å². The minimum atomic E-state index is 0.833. The average molecular weight is 199 g/mol. The molecule has 0 aromatic rings. The van der Waals surface area contributed by atoms with Gasteiger partial charge in [0.25, 0.3) is 0 Å². The number of thioether (sulfide) groups is 1. The predicted octanol–water partition coefficient (Wildman–Crippen LogP) is 2.80. The molecule has 1 saturated carbocycles. The minimum absolute atomic E-state index is 0.833. The Balaban J connectivity index is 1.60. The number of nitrogens with one attached hydrogen (secondary N) is 1. The van der Waals surface area contributed by atoms with E-state index in [1.807, 2.05) is 0 Å². The van der Waals surface area contributed by atoms with Crippen LogP contribution in [0.1, 0.15) is 44.9 Å². The van der Waals surface area contributed by atoms with E-state index in [4.69, 9.17) is 0 Å². The van der Waals surface area contributed by atoms with Gasteiger partial charge in [0.15, 0.2) is 0 Å². The number of hydrogen-bond acceptors (Lipinski definition) is 2. The fraction of sp³-hybridized carbons (Fsp3) is 1.00. The van der Waals surface area contributed by atoms with Gasteiger partial charge in [-0.1, -0.05) is 19.3 Å². The van der Waals surface area contributed by atoms with Crippen molar-refractivity contribution in [2.24, 2.45) is 0 Å². The second-order valence-corrected chi connectivity index (χ2v) is 5.72.